The summed E-state index contributed by atoms with van der Waals surface area (Å²) in [6, 6.07) is 4.40. The molecule has 118 valence electrons. The van der Waals surface area contributed by atoms with Crippen molar-refractivity contribution in [3.63, 3.8) is 0 Å². The van der Waals surface area contributed by atoms with E-state index < -0.39 is 0 Å². The molecule has 2 atom stereocenters. The fourth-order valence-corrected chi connectivity index (χ4v) is 3.24. The molecule has 0 fully saturated rings. The van der Waals surface area contributed by atoms with E-state index in [4.69, 9.17) is 10.5 Å². The van der Waals surface area contributed by atoms with Crippen LogP contribution >= 0.6 is 0 Å². The second-order valence-electron chi connectivity index (χ2n) is 6.32. The quantitative estimate of drug-likeness (QED) is 0.872. The largest absolute Gasteiger partial charge is 0.493 e. The molecule has 1 aromatic rings. The molecule has 1 aliphatic heterocycles. The summed E-state index contributed by atoms with van der Waals surface area (Å²) < 4.78 is 6.07. The van der Waals surface area contributed by atoms with Crippen LogP contribution in [-0.4, -0.2) is 31.1 Å². The summed E-state index contributed by atoms with van der Waals surface area (Å²) >= 11 is 0. The van der Waals surface area contributed by atoms with Crippen LogP contribution < -0.4 is 10.5 Å². The predicted molar refractivity (Wildman–Crippen MR) is 88.9 cm³/mol. The zero-order valence-electron chi connectivity index (χ0n) is 14.0. The zero-order valence-corrected chi connectivity index (χ0v) is 14.0. The third-order valence-corrected chi connectivity index (χ3v) is 4.59. The third kappa shape index (κ3) is 3.58. The van der Waals surface area contributed by atoms with Gasteiger partial charge in [0.2, 0.25) is 0 Å². The van der Waals surface area contributed by atoms with E-state index in [0.29, 0.717) is 5.92 Å². The zero-order chi connectivity index (χ0) is 15.4. The second-order valence-corrected chi connectivity index (χ2v) is 6.32. The smallest absolute Gasteiger partial charge is 0.127 e. The minimum absolute atomic E-state index is 0.0873. The van der Waals surface area contributed by atoms with Crippen molar-refractivity contribution in [3.8, 4) is 5.75 Å². The van der Waals surface area contributed by atoms with Gasteiger partial charge in [0.05, 0.1) is 6.61 Å². The Balaban J connectivity index is 2.13. The molecule has 3 nitrogen and oxygen atoms in total. The van der Waals surface area contributed by atoms with E-state index in [1.165, 1.54) is 29.5 Å². The number of fused-ring (bicyclic) bond motifs is 1. The molecule has 3 heteroatoms. The van der Waals surface area contributed by atoms with Gasteiger partial charge in [0.1, 0.15) is 5.75 Å². The number of hydrogen-bond donors (Lipinski definition) is 1. The molecule has 0 radical (unpaired) electrons. The molecule has 2 N–H and O–H groups in total. The number of benzene rings is 1. The van der Waals surface area contributed by atoms with Gasteiger partial charge in [0.15, 0.2) is 0 Å². The maximum atomic E-state index is 6.54. The molecule has 21 heavy (non-hydrogen) atoms. The summed E-state index contributed by atoms with van der Waals surface area (Å²) in [5.41, 5.74) is 10.2. The standard InChI is InChI=1S/C18H30N2O/c1-5-9-20(10-6-2)11-15-12-21-18-14(4)13(3)7-8-16(18)17(15)19/h7-8,15,17H,5-6,9-12,19H2,1-4H3. The van der Waals surface area contributed by atoms with Crippen LogP contribution in [0.3, 0.4) is 0 Å². The Morgan fingerprint density at radius 2 is 1.86 bits per heavy atom. The maximum absolute atomic E-state index is 6.54. The number of aryl methyl sites for hydroxylation is 1. The molecule has 0 saturated carbocycles. The molecular weight excluding hydrogens is 260 g/mol. The fraction of sp³-hybridized carbons (Fsp3) is 0.667. The van der Waals surface area contributed by atoms with E-state index in [1.54, 1.807) is 0 Å². The summed E-state index contributed by atoms with van der Waals surface area (Å²) in [5.74, 6) is 1.41. The van der Waals surface area contributed by atoms with Crippen LogP contribution in [0.2, 0.25) is 0 Å². The summed E-state index contributed by atoms with van der Waals surface area (Å²) in [6.45, 7) is 12.8. The van der Waals surface area contributed by atoms with Crippen LogP contribution in [0.1, 0.15) is 49.4 Å². The lowest BCUT2D eigenvalue weighted by Crippen LogP contribution is -2.41. The first-order chi connectivity index (χ1) is 10.1. The van der Waals surface area contributed by atoms with Crippen molar-refractivity contribution in [1.82, 2.24) is 4.90 Å². The highest BCUT2D eigenvalue weighted by Crippen LogP contribution is 2.37. The highest BCUT2D eigenvalue weighted by molar-refractivity contribution is 5.48. The van der Waals surface area contributed by atoms with Crippen molar-refractivity contribution in [3.05, 3.63) is 28.8 Å². The van der Waals surface area contributed by atoms with Gasteiger partial charge in [0.25, 0.3) is 0 Å². The number of ether oxygens (including phenoxy) is 1. The average Bonchev–Trinajstić information content (AvgIpc) is 2.46. The van der Waals surface area contributed by atoms with E-state index in [1.807, 2.05) is 0 Å². The van der Waals surface area contributed by atoms with Gasteiger partial charge in [-0.05, 0) is 50.9 Å². The van der Waals surface area contributed by atoms with Crippen LogP contribution in [0, 0.1) is 19.8 Å². The topological polar surface area (TPSA) is 38.5 Å². The SMILES string of the molecule is CCCN(CCC)CC1COc2c(ccc(C)c2C)C1N. The van der Waals surface area contributed by atoms with Gasteiger partial charge in [0, 0.05) is 24.1 Å². The summed E-state index contributed by atoms with van der Waals surface area (Å²) in [5, 5.41) is 0. The van der Waals surface area contributed by atoms with E-state index in [9.17, 15) is 0 Å². The van der Waals surface area contributed by atoms with Crippen molar-refractivity contribution in [2.45, 2.75) is 46.6 Å². The van der Waals surface area contributed by atoms with E-state index in [2.05, 4.69) is 44.7 Å². The fourth-order valence-electron chi connectivity index (χ4n) is 3.24. The monoisotopic (exact) mass is 290 g/mol. The Morgan fingerprint density at radius 1 is 1.19 bits per heavy atom. The molecule has 1 aliphatic rings. The van der Waals surface area contributed by atoms with Crippen molar-refractivity contribution >= 4 is 0 Å². The molecule has 0 spiro atoms. The van der Waals surface area contributed by atoms with Crippen LogP contribution in [0.4, 0.5) is 0 Å². The Labute approximate surface area is 129 Å². The molecule has 1 aromatic carbocycles. The highest BCUT2D eigenvalue weighted by Gasteiger charge is 2.30. The second kappa shape index (κ2) is 7.28. The average molecular weight is 290 g/mol. The molecule has 0 bridgehead atoms. The number of nitrogens with two attached hydrogens (primary N) is 1. The van der Waals surface area contributed by atoms with Crippen molar-refractivity contribution < 1.29 is 4.74 Å². The first-order valence-electron chi connectivity index (χ1n) is 8.29. The molecule has 2 rings (SSSR count). The minimum Gasteiger partial charge on any atom is -0.493 e. The van der Waals surface area contributed by atoms with Crippen LogP contribution in [0.15, 0.2) is 12.1 Å². The summed E-state index contributed by atoms with van der Waals surface area (Å²) in [6.07, 6.45) is 2.38. The van der Waals surface area contributed by atoms with Crippen molar-refractivity contribution in [2.75, 3.05) is 26.2 Å². The van der Waals surface area contributed by atoms with Gasteiger partial charge in [-0.3, -0.25) is 0 Å². The molecule has 0 aliphatic carbocycles. The molecule has 2 unspecified atom stereocenters. The molecule has 0 amide bonds. The number of nitrogens with zero attached hydrogens (tertiary/aromatic N) is 1. The van der Waals surface area contributed by atoms with Gasteiger partial charge >= 0.3 is 0 Å². The van der Waals surface area contributed by atoms with E-state index in [0.717, 1.165) is 32.0 Å². The molecule has 0 saturated heterocycles. The first kappa shape index (κ1) is 16.3. The minimum atomic E-state index is 0.0873. The van der Waals surface area contributed by atoms with Crippen molar-refractivity contribution in [1.29, 1.82) is 0 Å². The Hall–Kier alpha value is -1.06. The van der Waals surface area contributed by atoms with E-state index in [-0.39, 0.29) is 6.04 Å². The molecule has 0 aromatic heterocycles. The number of rotatable bonds is 6. The Morgan fingerprint density at radius 3 is 2.48 bits per heavy atom. The Kier molecular flexibility index (Phi) is 5.65. The van der Waals surface area contributed by atoms with Gasteiger partial charge in [-0.1, -0.05) is 26.0 Å². The lowest BCUT2D eigenvalue weighted by molar-refractivity contribution is 0.137. The van der Waals surface area contributed by atoms with Crippen LogP contribution in [0.5, 0.6) is 5.75 Å². The lowest BCUT2D eigenvalue weighted by Gasteiger charge is -2.35. The molecular formula is C18H30N2O. The van der Waals surface area contributed by atoms with Crippen LogP contribution in [0.25, 0.3) is 0 Å². The van der Waals surface area contributed by atoms with Gasteiger partial charge in [-0.25, -0.2) is 0 Å². The Bertz CT molecular complexity index is 467. The van der Waals surface area contributed by atoms with Crippen molar-refractivity contribution in [2.24, 2.45) is 11.7 Å². The van der Waals surface area contributed by atoms with Gasteiger partial charge in [-0.15, -0.1) is 0 Å². The maximum Gasteiger partial charge on any atom is 0.127 e. The summed E-state index contributed by atoms with van der Waals surface area (Å²) in [4.78, 5) is 2.53. The van der Waals surface area contributed by atoms with Crippen LogP contribution in [-0.2, 0) is 0 Å². The van der Waals surface area contributed by atoms with Gasteiger partial charge < -0.3 is 15.4 Å². The highest BCUT2D eigenvalue weighted by atomic mass is 16.5. The molecule has 1 heterocycles. The predicted octanol–water partition coefficient (Wildman–Crippen LogP) is 3.43. The first-order valence-corrected chi connectivity index (χ1v) is 8.29. The summed E-state index contributed by atoms with van der Waals surface area (Å²) in [7, 11) is 0. The number of hydrogen-bond acceptors (Lipinski definition) is 3. The lowest BCUT2D eigenvalue weighted by atomic mass is 9.88. The van der Waals surface area contributed by atoms with E-state index >= 15 is 0 Å². The van der Waals surface area contributed by atoms with Gasteiger partial charge in [-0.2, -0.15) is 0 Å². The normalized spacial score (nSPS) is 21.2. The third-order valence-electron chi connectivity index (χ3n) is 4.59.